The molecule has 0 aliphatic carbocycles. The van der Waals surface area contributed by atoms with E-state index in [4.69, 9.17) is 16.3 Å². The molecule has 1 saturated heterocycles. The van der Waals surface area contributed by atoms with Gasteiger partial charge >= 0.3 is 6.03 Å². The van der Waals surface area contributed by atoms with Crippen molar-refractivity contribution >= 4 is 29.4 Å². The summed E-state index contributed by atoms with van der Waals surface area (Å²) in [6, 6.07) is 9.49. The minimum Gasteiger partial charge on any atom is -0.457 e. The van der Waals surface area contributed by atoms with Crippen LogP contribution < -0.4 is 15.4 Å². The van der Waals surface area contributed by atoms with Crippen LogP contribution in [0.1, 0.15) is 26.5 Å². The third-order valence-corrected chi connectivity index (χ3v) is 4.92. The summed E-state index contributed by atoms with van der Waals surface area (Å²) in [5, 5.41) is 16.2. The highest BCUT2D eigenvalue weighted by Gasteiger charge is 2.47. The molecule has 0 saturated carbocycles. The Labute approximate surface area is 184 Å². The average Bonchev–Trinajstić information content (AvgIpc) is 2.89. The number of carbonyl (C=O) groups excluding carboxylic acids is 3. The molecule has 1 unspecified atom stereocenters. The van der Waals surface area contributed by atoms with Gasteiger partial charge in [0.05, 0.1) is 18.8 Å². The lowest BCUT2D eigenvalue weighted by molar-refractivity contribution is -0.142. The smallest absolute Gasteiger partial charge is 0.325 e. The number of amides is 4. The van der Waals surface area contributed by atoms with E-state index in [1.807, 2.05) is 0 Å². The molecule has 2 aromatic rings. The molecule has 9 nitrogen and oxygen atoms in total. The Balaban J connectivity index is 1.60. The van der Waals surface area contributed by atoms with Gasteiger partial charge in [0.15, 0.2) is 5.60 Å². The molecule has 0 spiro atoms. The van der Waals surface area contributed by atoms with E-state index in [2.05, 4.69) is 15.6 Å². The Hall–Kier alpha value is -3.17. The number of benzene rings is 1. The molecule has 0 radical (unpaired) electrons. The van der Waals surface area contributed by atoms with Gasteiger partial charge in [0.25, 0.3) is 11.8 Å². The van der Waals surface area contributed by atoms with E-state index < -0.39 is 35.5 Å². The maximum atomic E-state index is 12.5. The van der Waals surface area contributed by atoms with E-state index in [9.17, 15) is 19.5 Å². The number of nitrogens with one attached hydrogen (secondary N) is 2. The number of pyridine rings is 1. The molecule has 2 heterocycles. The molecule has 1 aliphatic rings. The summed E-state index contributed by atoms with van der Waals surface area (Å²) in [6.45, 7) is 3.87. The number of halogens is 1. The standard InChI is InChI=1S/C21H23ClN4O5/c1-20(2)18(28)26(19(29)25-20)12-21(3,30)17(27)24-11-14-10-16(8-9-23-14)31-15-6-4-13(22)5-7-15/h4-10,30H,11-12H2,1-3H3,(H,24,27)(H,25,29). The molecule has 1 aromatic carbocycles. The van der Waals surface area contributed by atoms with Crippen molar-refractivity contribution in [2.75, 3.05) is 6.54 Å². The molecule has 4 amide bonds. The van der Waals surface area contributed by atoms with Gasteiger partial charge in [0.2, 0.25) is 0 Å². The van der Waals surface area contributed by atoms with Gasteiger partial charge in [-0.15, -0.1) is 0 Å². The number of nitrogens with zero attached hydrogens (tertiary/aromatic N) is 2. The van der Waals surface area contributed by atoms with Crippen LogP contribution in [0, 0.1) is 0 Å². The summed E-state index contributed by atoms with van der Waals surface area (Å²) >= 11 is 5.86. The molecule has 31 heavy (non-hydrogen) atoms. The van der Waals surface area contributed by atoms with E-state index in [1.165, 1.54) is 13.1 Å². The fourth-order valence-corrected chi connectivity index (χ4v) is 3.08. The van der Waals surface area contributed by atoms with Crippen LogP contribution >= 0.6 is 11.6 Å². The third kappa shape index (κ3) is 5.31. The van der Waals surface area contributed by atoms with Crippen LogP contribution in [0.5, 0.6) is 11.5 Å². The number of ether oxygens (including phenoxy) is 1. The van der Waals surface area contributed by atoms with Crippen molar-refractivity contribution in [2.45, 2.75) is 38.5 Å². The first-order chi connectivity index (χ1) is 14.5. The highest BCUT2D eigenvalue weighted by Crippen LogP contribution is 2.23. The van der Waals surface area contributed by atoms with Gasteiger partial charge in [-0.1, -0.05) is 11.6 Å². The number of aromatic nitrogens is 1. The van der Waals surface area contributed by atoms with Gasteiger partial charge in [0.1, 0.15) is 17.0 Å². The topological polar surface area (TPSA) is 121 Å². The van der Waals surface area contributed by atoms with Crippen LogP contribution in [0.4, 0.5) is 4.79 Å². The van der Waals surface area contributed by atoms with Crippen LogP contribution in [0.15, 0.2) is 42.6 Å². The highest BCUT2D eigenvalue weighted by molar-refractivity contribution is 6.30. The number of hydrogen-bond acceptors (Lipinski definition) is 6. The van der Waals surface area contributed by atoms with E-state index in [1.54, 1.807) is 50.2 Å². The molecule has 3 rings (SSSR count). The Morgan fingerprint density at radius 2 is 1.94 bits per heavy atom. The quantitative estimate of drug-likeness (QED) is 0.561. The fraction of sp³-hybridized carbons (Fsp3) is 0.333. The van der Waals surface area contributed by atoms with Crippen molar-refractivity contribution in [2.24, 2.45) is 0 Å². The number of imide groups is 1. The Morgan fingerprint density at radius 1 is 1.26 bits per heavy atom. The lowest BCUT2D eigenvalue weighted by Gasteiger charge is -2.26. The summed E-state index contributed by atoms with van der Waals surface area (Å²) in [7, 11) is 0. The predicted octanol–water partition coefficient (Wildman–Crippen LogP) is 2.22. The molecule has 10 heteroatoms. The average molecular weight is 447 g/mol. The highest BCUT2D eigenvalue weighted by atomic mass is 35.5. The van der Waals surface area contributed by atoms with Crippen molar-refractivity contribution in [3.63, 3.8) is 0 Å². The Kier molecular flexibility index (Phi) is 6.19. The molecule has 1 fully saturated rings. The number of carbonyl (C=O) groups is 3. The van der Waals surface area contributed by atoms with Gasteiger partial charge in [-0.25, -0.2) is 4.79 Å². The molecular weight excluding hydrogens is 424 g/mol. The third-order valence-electron chi connectivity index (χ3n) is 4.67. The lowest BCUT2D eigenvalue weighted by atomic mass is 10.0. The van der Waals surface area contributed by atoms with Crippen molar-refractivity contribution in [3.05, 3.63) is 53.3 Å². The normalized spacial score (nSPS) is 17.1. The zero-order chi connectivity index (χ0) is 22.8. The van der Waals surface area contributed by atoms with Crippen molar-refractivity contribution in [1.29, 1.82) is 0 Å². The number of aliphatic hydroxyl groups is 1. The molecular formula is C21H23ClN4O5. The summed E-state index contributed by atoms with van der Waals surface area (Å²) in [6.07, 6.45) is 1.53. The summed E-state index contributed by atoms with van der Waals surface area (Å²) in [5.74, 6) is -0.164. The second-order valence-corrected chi connectivity index (χ2v) is 8.38. The number of β-amino-alcohol motifs (C(OH)–C–C–N with tert-alkyl or cyclic N) is 1. The largest absolute Gasteiger partial charge is 0.457 e. The molecule has 1 atom stereocenters. The van der Waals surface area contributed by atoms with Gasteiger partial charge in [-0.3, -0.25) is 19.5 Å². The summed E-state index contributed by atoms with van der Waals surface area (Å²) in [5.41, 5.74) is -2.57. The van der Waals surface area contributed by atoms with Gasteiger partial charge in [-0.05, 0) is 51.1 Å². The second-order valence-electron chi connectivity index (χ2n) is 7.94. The van der Waals surface area contributed by atoms with Crippen LogP contribution in [0.3, 0.4) is 0 Å². The van der Waals surface area contributed by atoms with Gasteiger partial charge in [-0.2, -0.15) is 0 Å². The van der Waals surface area contributed by atoms with Crippen LogP contribution in [0.25, 0.3) is 0 Å². The van der Waals surface area contributed by atoms with Crippen molar-refractivity contribution < 1.29 is 24.2 Å². The first kappa shape index (κ1) is 22.5. The Bertz CT molecular complexity index is 1010. The fourth-order valence-electron chi connectivity index (χ4n) is 2.96. The van der Waals surface area contributed by atoms with Crippen LogP contribution in [-0.2, 0) is 16.1 Å². The van der Waals surface area contributed by atoms with Crippen LogP contribution in [0.2, 0.25) is 5.02 Å². The lowest BCUT2D eigenvalue weighted by Crippen LogP contribution is -2.53. The number of rotatable bonds is 7. The summed E-state index contributed by atoms with van der Waals surface area (Å²) in [4.78, 5) is 41.8. The Morgan fingerprint density at radius 3 is 2.55 bits per heavy atom. The summed E-state index contributed by atoms with van der Waals surface area (Å²) < 4.78 is 5.73. The van der Waals surface area contributed by atoms with E-state index >= 15 is 0 Å². The number of urea groups is 1. The van der Waals surface area contributed by atoms with Crippen LogP contribution in [-0.4, -0.2) is 50.5 Å². The molecule has 3 N–H and O–H groups in total. The van der Waals surface area contributed by atoms with E-state index in [-0.39, 0.29) is 6.54 Å². The maximum absolute atomic E-state index is 12.5. The first-order valence-electron chi connectivity index (χ1n) is 9.51. The second kappa shape index (κ2) is 8.52. The SMILES string of the molecule is CC(O)(CN1C(=O)NC(C)(C)C1=O)C(=O)NCc1cc(Oc2ccc(Cl)cc2)ccn1. The monoisotopic (exact) mass is 446 g/mol. The van der Waals surface area contributed by atoms with Gasteiger partial charge < -0.3 is 20.5 Å². The molecule has 1 aromatic heterocycles. The predicted molar refractivity (Wildman–Crippen MR) is 113 cm³/mol. The van der Waals surface area contributed by atoms with E-state index in [0.717, 1.165) is 4.90 Å². The minimum atomic E-state index is -1.98. The molecule has 164 valence electrons. The maximum Gasteiger partial charge on any atom is 0.325 e. The number of hydrogen-bond donors (Lipinski definition) is 3. The molecule has 1 aliphatic heterocycles. The van der Waals surface area contributed by atoms with E-state index in [0.29, 0.717) is 22.2 Å². The van der Waals surface area contributed by atoms with Gasteiger partial charge in [0, 0.05) is 17.3 Å². The first-order valence-corrected chi connectivity index (χ1v) is 9.89. The molecule has 0 bridgehead atoms. The zero-order valence-electron chi connectivity index (χ0n) is 17.3. The minimum absolute atomic E-state index is 0.0123. The van der Waals surface area contributed by atoms with Crippen molar-refractivity contribution in [1.82, 2.24) is 20.5 Å². The zero-order valence-corrected chi connectivity index (χ0v) is 18.1. The van der Waals surface area contributed by atoms with Crippen molar-refractivity contribution in [3.8, 4) is 11.5 Å².